The van der Waals surface area contributed by atoms with Crippen LogP contribution in [0.1, 0.15) is 21.6 Å². The number of amides is 2. The van der Waals surface area contributed by atoms with Crippen molar-refractivity contribution in [2.75, 3.05) is 11.4 Å². The Balaban J connectivity index is 1.54. The second-order valence-electron chi connectivity index (χ2n) is 7.63. The molecule has 32 heavy (non-hydrogen) atoms. The first-order chi connectivity index (χ1) is 15.3. The second kappa shape index (κ2) is 7.63. The standard InChI is InChI=1S/C24H17F3N2O2S/c25-24(26,27)17-7-3-5-15(13-17)14-29-22(30)20(19-9-4-12-32-19)21(23(29)31)28-11-10-16-6-1-2-8-18(16)28/h1-9,12-13H,10-11,14H2. The molecule has 2 aromatic carbocycles. The highest BCUT2D eigenvalue weighted by Crippen LogP contribution is 2.40. The van der Waals surface area contributed by atoms with Crippen molar-refractivity contribution in [2.24, 2.45) is 0 Å². The van der Waals surface area contributed by atoms with Gasteiger partial charge in [-0.25, -0.2) is 0 Å². The fraction of sp³-hybridized carbons (Fsp3) is 0.167. The molecule has 3 heterocycles. The van der Waals surface area contributed by atoms with Crippen molar-refractivity contribution in [1.29, 1.82) is 0 Å². The summed E-state index contributed by atoms with van der Waals surface area (Å²) in [5.41, 5.74) is 1.98. The third-order valence-electron chi connectivity index (χ3n) is 5.66. The highest BCUT2D eigenvalue weighted by atomic mass is 32.1. The Morgan fingerprint density at radius 2 is 1.75 bits per heavy atom. The summed E-state index contributed by atoms with van der Waals surface area (Å²) in [5.74, 6) is -0.984. The fourth-order valence-corrected chi connectivity index (χ4v) is 4.96. The van der Waals surface area contributed by atoms with E-state index < -0.39 is 23.6 Å². The first kappa shape index (κ1) is 20.5. The SMILES string of the molecule is O=C1C(c2cccs2)=C(N2CCc3ccccc32)C(=O)N1Cc1cccc(C(F)(F)F)c1. The van der Waals surface area contributed by atoms with Gasteiger partial charge in [-0.2, -0.15) is 13.2 Å². The van der Waals surface area contributed by atoms with Crippen molar-refractivity contribution in [2.45, 2.75) is 19.1 Å². The molecule has 2 aliphatic rings. The third-order valence-corrected chi connectivity index (χ3v) is 6.55. The monoisotopic (exact) mass is 454 g/mol. The molecule has 2 aliphatic heterocycles. The Morgan fingerprint density at radius 1 is 0.938 bits per heavy atom. The van der Waals surface area contributed by atoms with Crippen molar-refractivity contribution in [3.8, 4) is 0 Å². The molecule has 8 heteroatoms. The van der Waals surface area contributed by atoms with Crippen LogP contribution in [-0.2, 0) is 28.7 Å². The van der Waals surface area contributed by atoms with Gasteiger partial charge in [0.2, 0.25) is 0 Å². The molecule has 0 radical (unpaired) electrons. The molecule has 0 saturated heterocycles. The normalized spacial score (nSPS) is 16.3. The number of fused-ring (bicyclic) bond motifs is 1. The lowest BCUT2D eigenvalue weighted by Gasteiger charge is -2.22. The zero-order valence-electron chi connectivity index (χ0n) is 16.7. The molecule has 5 rings (SSSR count). The number of carbonyl (C=O) groups is 2. The van der Waals surface area contributed by atoms with Crippen LogP contribution in [0.25, 0.3) is 5.57 Å². The summed E-state index contributed by atoms with van der Waals surface area (Å²) in [5, 5.41) is 1.82. The number of alkyl halides is 3. The smallest absolute Gasteiger partial charge is 0.336 e. The highest BCUT2D eigenvalue weighted by molar-refractivity contribution is 7.11. The summed E-state index contributed by atoms with van der Waals surface area (Å²) in [6.45, 7) is 0.329. The molecule has 0 fully saturated rings. The van der Waals surface area contributed by atoms with Gasteiger partial charge in [-0.1, -0.05) is 36.4 Å². The quantitative estimate of drug-likeness (QED) is 0.515. The highest BCUT2D eigenvalue weighted by Gasteiger charge is 2.43. The summed E-state index contributed by atoms with van der Waals surface area (Å²) in [6.07, 6.45) is -3.76. The number of carbonyl (C=O) groups excluding carboxylic acids is 2. The molecule has 0 atom stereocenters. The number of halogens is 3. The average molecular weight is 454 g/mol. The number of nitrogens with zero attached hydrogens (tertiary/aromatic N) is 2. The number of rotatable bonds is 4. The zero-order valence-corrected chi connectivity index (χ0v) is 17.5. The van der Waals surface area contributed by atoms with Crippen LogP contribution in [0.5, 0.6) is 0 Å². The van der Waals surface area contributed by atoms with Crippen LogP contribution in [0.15, 0.2) is 71.7 Å². The van der Waals surface area contributed by atoms with Gasteiger partial charge < -0.3 is 4.90 Å². The number of anilines is 1. The Morgan fingerprint density at radius 3 is 2.50 bits per heavy atom. The van der Waals surface area contributed by atoms with Crippen molar-refractivity contribution < 1.29 is 22.8 Å². The molecule has 0 unspecified atom stereocenters. The Bertz CT molecular complexity index is 1250. The summed E-state index contributed by atoms with van der Waals surface area (Å²) in [4.78, 5) is 30.4. The molecule has 0 aliphatic carbocycles. The third kappa shape index (κ3) is 3.40. The maximum absolute atomic E-state index is 13.5. The van der Waals surface area contributed by atoms with Crippen LogP contribution >= 0.6 is 11.3 Å². The van der Waals surface area contributed by atoms with Gasteiger partial charge in [0.25, 0.3) is 11.8 Å². The van der Waals surface area contributed by atoms with Crippen molar-refractivity contribution in [1.82, 2.24) is 4.90 Å². The van der Waals surface area contributed by atoms with Gasteiger partial charge in [0.15, 0.2) is 0 Å². The number of hydrogen-bond acceptors (Lipinski definition) is 4. The Labute approximate surface area is 186 Å². The summed E-state index contributed by atoms with van der Waals surface area (Å²) in [7, 11) is 0. The van der Waals surface area contributed by atoms with Crippen molar-refractivity contribution in [3.63, 3.8) is 0 Å². The van der Waals surface area contributed by atoms with E-state index in [4.69, 9.17) is 0 Å². The van der Waals surface area contributed by atoms with E-state index in [0.29, 0.717) is 17.0 Å². The molecular formula is C24H17F3N2O2S. The molecule has 162 valence electrons. The summed E-state index contributed by atoms with van der Waals surface area (Å²) >= 11 is 1.35. The minimum absolute atomic E-state index is 0.227. The minimum atomic E-state index is -4.50. The average Bonchev–Trinajstić information content (AvgIpc) is 3.49. The molecule has 3 aromatic rings. The van der Waals surface area contributed by atoms with Gasteiger partial charge in [0, 0.05) is 17.1 Å². The first-order valence-electron chi connectivity index (χ1n) is 10.0. The molecular weight excluding hydrogens is 437 g/mol. The maximum Gasteiger partial charge on any atom is 0.416 e. The molecule has 0 saturated carbocycles. The van der Waals surface area contributed by atoms with Crippen LogP contribution in [0, 0.1) is 0 Å². The fourth-order valence-electron chi connectivity index (χ4n) is 4.20. The number of hydrogen-bond donors (Lipinski definition) is 0. The number of thiophene rings is 1. The van der Waals surface area contributed by atoms with Crippen LogP contribution in [0.4, 0.5) is 18.9 Å². The van der Waals surface area contributed by atoms with Gasteiger partial charge in [-0.3, -0.25) is 14.5 Å². The molecule has 0 spiro atoms. The van der Waals surface area contributed by atoms with Crippen LogP contribution in [0.3, 0.4) is 0 Å². The molecule has 4 nitrogen and oxygen atoms in total. The predicted molar refractivity (Wildman–Crippen MR) is 116 cm³/mol. The lowest BCUT2D eigenvalue weighted by Crippen LogP contribution is -2.34. The van der Waals surface area contributed by atoms with Crippen LogP contribution < -0.4 is 4.90 Å². The van der Waals surface area contributed by atoms with E-state index in [1.807, 2.05) is 34.5 Å². The van der Waals surface area contributed by atoms with Gasteiger partial charge >= 0.3 is 6.18 Å². The van der Waals surface area contributed by atoms with E-state index in [1.54, 1.807) is 12.1 Å². The van der Waals surface area contributed by atoms with Gasteiger partial charge in [-0.15, -0.1) is 11.3 Å². The predicted octanol–water partition coefficient (Wildman–Crippen LogP) is 5.11. The molecule has 0 bridgehead atoms. The van der Waals surface area contributed by atoms with Crippen LogP contribution in [0.2, 0.25) is 0 Å². The topological polar surface area (TPSA) is 40.6 Å². The summed E-state index contributed by atoms with van der Waals surface area (Å²) < 4.78 is 39.4. The number of benzene rings is 2. The van der Waals surface area contributed by atoms with Crippen molar-refractivity contribution in [3.05, 3.63) is 93.3 Å². The number of imide groups is 1. The van der Waals surface area contributed by atoms with E-state index in [-0.39, 0.29) is 17.8 Å². The molecule has 2 amide bonds. The maximum atomic E-state index is 13.5. The minimum Gasteiger partial charge on any atom is -0.336 e. The summed E-state index contributed by atoms with van der Waals surface area (Å²) in [6, 6.07) is 16.0. The first-order valence-corrected chi connectivity index (χ1v) is 10.9. The van der Waals surface area contributed by atoms with E-state index in [2.05, 4.69) is 0 Å². The van der Waals surface area contributed by atoms with Gasteiger partial charge in [-0.05, 0) is 47.2 Å². The molecule has 0 N–H and O–H groups in total. The second-order valence-corrected chi connectivity index (χ2v) is 8.57. The Kier molecular flexibility index (Phi) is 4.89. The van der Waals surface area contributed by atoms with Gasteiger partial charge in [0.1, 0.15) is 5.70 Å². The molecule has 1 aromatic heterocycles. The zero-order chi connectivity index (χ0) is 22.5. The van der Waals surface area contributed by atoms with Crippen molar-refractivity contribution >= 4 is 34.4 Å². The Hall–Kier alpha value is -3.39. The number of para-hydroxylation sites is 1. The largest absolute Gasteiger partial charge is 0.416 e. The lowest BCUT2D eigenvalue weighted by molar-refractivity contribution is -0.137. The van der Waals surface area contributed by atoms with E-state index >= 15 is 0 Å². The van der Waals surface area contributed by atoms with Crippen LogP contribution in [-0.4, -0.2) is 23.3 Å². The van der Waals surface area contributed by atoms with Gasteiger partial charge in [0.05, 0.1) is 17.7 Å². The van der Waals surface area contributed by atoms with E-state index in [1.165, 1.54) is 23.5 Å². The van der Waals surface area contributed by atoms with E-state index in [0.717, 1.165) is 34.7 Å². The lowest BCUT2D eigenvalue weighted by atomic mass is 10.1. The van der Waals surface area contributed by atoms with E-state index in [9.17, 15) is 22.8 Å².